The second-order valence-corrected chi connectivity index (χ2v) is 5.75. The summed E-state index contributed by atoms with van der Waals surface area (Å²) in [5, 5.41) is 4.07. The van der Waals surface area contributed by atoms with Crippen molar-refractivity contribution in [1.82, 2.24) is 25.0 Å². The Morgan fingerprint density at radius 3 is 2.65 bits per heavy atom. The SMILES string of the molecule is COc1cc(-c2nc(CC3CCN(C)CC3)no2)nc(OC)n1. The molecule has 8 heteroatoms. The van der Waals surface area contributed by atoms with Crippen molar-refractivity contribution in [2.24, 2.45) is 5.92 Å². The van der Waals surface area contributed by atoms with E-state index in [4.69, 9.17) is 14.0 Å². The molecule has 2 aromatic rings. The number of rotatable bonds is 5. The quantitative estimate of drug-likeness (QED) is 0.818. The van der Waals surface area contributed by atoms with Crippen LogP contribution in [0.3, 0.4) is 0 Å². The molecule has 3 heterocycles. The van der Waals surface area contributed by atoms with Crippen molar-refractivity contribution in [3.8, 4) is 23.5 Å². The van der Waals surface area contributed by atoms with Gasteiger partial charge >= 0.3 is 6.01 Å². The Labute approximate surface area is 134 Å². The lowest BCUT2D eigenvalue weighted by molar-refractivity contribution is 0.216. The summed E-state index contributed by atoms with van der Waals surface area (Å²) in [5.41, 5.74) is 0.496. The summed E-state index contributed by atoms with van der Waals surface area (Å²) in [6, 6.07) is 1.85. The minimum atomic E-state index is 0.203. The van der Waals surface area contributed by atoms with Crippen LogP contribution in [0.5, 0.6) is 11.9 Å². The molecule has 0 aromatic carbocycles. The Bertz CT molecular complexity index is 630. The molecule has 1 saturated heterocycles. The summed E-state index contributed by atoms with van der Waals surface area (Å²) >= 11 is 0. The Morgan fingerprint density at radius 2 is 1.96 bits per heavy atom. The summed E-state index contributed by atoms with van der Waals surface area (Å²) in [6.45, 7) is 2.24. The highest BCUT2D eigenvalue weighted by Crippen LogP contribution is 2.24. The Kier molecular flexibility index (Phi) is 4.71. The summed E-state index contributed by atoms with van der Waals surface area (Å²) in [6.07, 6.45) is 3.15. The smallest absolute Gasteiger partial charge is 0.320 e. The first kappa shape index (κ1) is 15.7. The fourth-order valence-electron chi connectivity index (χ4n) is 2.67. The van der Waals surface area contributed by atoms with Crippen LogP contribution in [0.1, 0.15) is 18.7 Å². The van der Waals surface area contributed by atoms with Crippen LogP contribution >= 0.6 is 0 Å². The molecule has 0 bridgehead atoms. The summed E-state index contributed by atoms with van der Waals surface area (Å²) in [4.78, 5) is 15.1. The van der Waals surface area contributed by atoms with Gasteiger partial charge in [-0.3, -0.25) is 0 Å². The Balaban J connectivity index is 1.74. The van der Waals surface area contributed by atoms with Gasteiger partial charge in [-0.15, -0.1) is 0 Å². The van der Waals surface area contributed by atoms with E-state index in [2.05, 4.69) is 32.1 Å². The molecule has 2 aromatic heterocycles. The van der Waals surface area contributed by atoms with E-state index in [0.717, 1.165) is 32.4 Å². The second-order valence-electron chi connectivity index (χ2n) is 5.75. The summed E-state index contributed by atoms with van der Waals surface area (Å²) in [5.74, 6) is 2.06. The van der Waals surface area contributed by atoms with E-state index in [0.29, 0.717) is 29.2 Å². The molecule has 0 saturated carbocycles. The monoisotopic (exact) mass is 319 g/mol. The summed E-state index contributed by atoms with van der Waals surface area (Å²) in [7, 11) is 5.18. The van der Waals surface area contributed by atoms with E-state index in [-0.39, 0.29) is 6.01 Å². The standard InChI is InChI=1S/C15H21N5O3/c1-20-6-4-10(5-7-20)8-12-17-14(23-19-12)11-9-13(21-2)18-15(16-11)22-3/h9-10H,4-8H2,1-3H3. The molecule has 23 heavy (non-hydrogen) atoms. The van der Waals surface area contributed by atoms with Gasteiger partial charge in [0, 0.05) is 12.5 Å². The fraction of sp³-hybridized carbons (Fsp3) is 0.600. The topological polar surface area (TPSA) is 86.4 Å². The molecular formula is C15H21N5O3. The van der Waals surface area contributed by atoms with Crippen LogP contribution in [0.4, 0.5) is 0 Å². The lowest BCUT2D eigenvalue weighted by Gasteiger charge is -2.27. The third-order valence-corrected chi connectivity index (χ3v) is 4.07. The van der Waals surface area contributed by atoms with Crippen LogP contribution in [-0.4, -0.2) is 59.4 Å². The maximum Gasteiger partial charge on any atom is 0.320 e. The molecular weight excluding hydrogens is 298 g/mol. The third kappa shape index (κ3) is 3.76. The lowest BCUT2D eigenvalue weighted by atomic mass is 9.94. The molecule has 0 N–H and O–H groups in total. The van der Waals surface area contributed by atoms with Gasteiger partial charge in [-0.25, -0.2) is 0 Å². The molecule has 1 fully saturated rings. The van der Waals surface area contributed by atoms with E-state index < -0.39 is 0 Å². The first-order valence-electron chi connectivity index (χ1n) is 7.66. The maximum absolute atomic E-state index is 5.34. The average Bonchev–Trinajstić information content (AvgIpc) is 3.05. The van der Waals surface area contributed by atoms with Crippen molar-refractivity contribution in [1.29, 1.82) is 0 Å². The Morgan fingerprint density at radius 1 is 1.17 bits per heavy atom. The number of hydrogen-bond acceptors (Lipinski definition) is 8. The largest absolute Gasteiger partial charge is 0.481 e. The zero-order chi connectivity index (χ0) is 16.2. The predicted octanol–water partition coefficient (Wildman–Crippen LogP) is 1.43. The number of ether oxygens (including phenoxy) is 2. The fourth-order valence-corrected chi connectivity index (χ4v) is 2.67. The van der Waals surface area contributed by atoms with Crippen LogP contribution in [0, 0.1) is 5.92 Å². The molecule has 0 radical (unpaired) electrons. The van der Waals surface area contributed by atoms with Crippen molar-refractivity contribution in [2.75, 3.05) is 34.4 Å². The maximum atomic E-state index is 5.34. The van der Waals surface area contributed by atoms with Crippen molar-refractivity contribution < 1.29 is 14.0 Å². The van der Waals surface area contributed by atoms with Gasteiger partial charge in [0.2, 0.25) is 5.88 Å². The number of aromatic nitrogens is 4. The van der Waals surface area contributed by atoms with Gasteiger partial charge in [-0.2, -0.15) is 15.0 Å². The van der Waals surface area contributed by atoms with Crippen molar-refractivity contribution >= 4 is 0 Å². The summed E-state index contributed by atoms with van der Waals surface area (Å²) < 4.78 is 15.5. The normalized spacial score (nSPS) is 16.5. The molecule has 3 rings (SSSR count). The van der Waals surface area contributed by atoms with E-state index in [9.17, 15) is 0 Å². The molecule has 124 valence electrons. The van der Waals surface area contributed by atoms with Gasteiger partial charge in [0.15, 0.2) is 5.82 Å². The molecule has 1 aliphatic rings. The number of methoxy groups -OCH3 is 2. The van der Waals surface area contributed by atoms with Gasteiger partial charge in [0.25, 0.3) is 5.89 Å². The molecule has 1 aliphatic heterocycles. The van der Waals surface area contributed by atoms with Crippen molar-refractivity contribution in [2.45, 2.75) is 19.3 Å². The third-order valence-electron chi connectivity index (χ3n) is 4.07. The highest BCUT2D eigenvalue weighted by molar-refractivity contribution is 5.49. The number of likely N-dealkylation sites (tertiary alicyclic amines) is 1. The molecule has 0 spiro atoms. The van der Waals surface area contributed by atoms with E-state index >= 15 is 0 Å². The average molecular weight is 319 g/mol. The van der Waals surface area contributed by atoms with Gasteiger partial charge in [0.1, 0.15) is 5.69 Å². The first-order valence-corrected chi connectivity index (χ1v) is 7.66. The van der Waals surface area contributed by atoms with Gasteiger partial charge in [-0.1, -0.05) is 5.16 Å². The Hall–Kier alpha value is -2.22. The molecule has 0 atom stereocenters. The van der Waals surface area contributed by atoms with Crippen LogP contribution < -0.4 is 9.47 Å². The molecule has 0 amide bonds. The number of hydrogen-bond donors (Lipinski definition) is 0. The second kappa shape index (κ2) is 6.91. The van der Waals surface area contributed by atoms with E-state index in [1.54, 1.807) is 6.07 Å². The van der Waals surface area contributed by atoms with Crippen LogP contribution in [0.2, 0.25) is 0 Å². The van der Waals surface area contributed by atoms with E-state index in [1.807, 2.05) is 0 Å². The molecule has 8 nitrogen and oxygen atoms in total. The van der Waals surface area contributed by atoms with Crippen LogP contribution in [-0.2, 0) is 6.42 Å². The minimum absolute atomic E-state index is 0.203. The van der Waals surface area contributed by atoms with E-state index in [1.165, 1.54) is 14.2 Å². The van der Waals surface area contributed by atoms with Crippen molar-refractivity contribution in [3.63, 3.8) is 0 Å². The lowest BCUT2D eigenvalue weighted by Crippen LogP contribution is -2.31. The van der Waals surface area contributed by atoms with Crippen LogP contribution in [0.25, 0.3) is 11.6 Å². The van der Waals surface area contributed by atoms with Gasteiger partial charge < -0.3 is 18.9 Å². The molecule has 0 unspecified atom stereocenters. The van der Waals surface area contributed by atoms with Crippen LogP contribution in [0.15, 0.2) is 10.6 Å². The highest BCUT2D eigenvalue weighted by atomic mass is 16.5. The van der Waals surface area contributed by atoms with Crippen molar-refractivity contribution in [3.05, 3.63) is 11.9 Å². The predicted molar refractivity (Wildman–Crippen MR) is 82.4 cm³/mol. The molecule has 0 aliphatic carbocycles. The number of nitrogens with zero attached hydrogens (tertiary/aromatic N) is 5. The van der Waals surface area contributed by atoms with Gasteiger partial charge in [0.05, 0.1) is 14.2 Å². The minimum Gasteiger partial charge on any atom is -0.481 e. The first-order chi connectivity index (χ1) is 11.2. The zero-order valence-electron chi connectivity index (χ0n) is 13.7. The number of piperidine rings is 1. The zero-order valence-corrected chi connectivity index (χ0v) is 13.7. The van der Waals surface area contributed by atoms with Gasteiger partial charge in [-0.05, 0) is 38.9 Å². The highest BCUT2D eigenvalue weighted by Gasteiger charge is 2.20.